The molecule has 3 nitrogen and oxygen atoms in total. The number of nitrogens with one attached hydrogen (secondary N) is 1. The number of rotatable bonds is 5. The average molecular weight is 275 g/mol. The van der Waals surface area contributed by atoms with Crippen molar-refractivity contribution in [2.24, 2.45) is 5.92 Å². The van der Waals surface area contributed by atoms with Crippen LogP contribution in [0.3, 0.4) is 0 Å². The number of hydrogen-bond acceptors (Lipinski definition) is 3. The van der Waals surface area contributed by atoms with E-state index in [2.05, 4.69) is 31.3 Å². The van der Waals surface area contributed by atoms with Crippen molar-refractivity contribution in [2.75, 3.05) is 13.2 Å². The molecule has 1 aliphatic rings. The van der Waals surface area contributed by atoms with E-state index in [1.54, 1.807) is 0 Å². The molecule has 0 amide bonds. The fourth-order valence-corrected chi connectivity index (χ4v) is 2.93. The molecule has 1 N–H and O–H groups in total. The Morgan fingerprint density at radius 1 is 1.40 bits per heavy atom. The molecule has 0 radical (unpaired) electrons. The lowest BCUT2D eigenvalue weighted by Gasteiger charge is -2.38. The predicted molar refractivity (Wildman–Crippen MR) is 80.5 cm³/mol. The van der Waals surface area contributed by atoms with Crippen LogP contribution in [0, 0.1) is 5.92 Å². The second-order valence-electron chi connectivity index (χ2n) is 5.91. The fourth-order valence-electron chi connectivity index (χ4n) is 2.93. The molecule has 0 aliphatic heterocycles. The molecule has 0 saturated heterocycles. The molecule has 0 saturated carbocycles. The van der Waals surface area contributed by atoms with E-state index in [1.165, 1.54) is 5.56 Å². The van der Waals surface area contributed by atoms with Crippen molar-refractivity contribution >= 4 is 5.97 Å². The molecule has 3 heteroatoms. The van der Waals surface area contributed by atoms with E-state index in [1.807, 2.05) is 19.1 Å². The number of aryl methyl sites for hydroxylation is 1. The second kappa shape index (κ2) is 6.40. The van der Waals surface area contributed by atoms with Crippen LogP contribution in [0.15, 0.2) is 24.3 Å². The van der Waals surface area contributed by atoms with Gasteiger partial charge in [-0.2, -0.15) is 0 Å². The quantitative estimate of drug-likeness (QED) is 0.839. The predicted octanol–water partition coefficient (Wildman–Crippen LogP) is 3.03. The van der Waals surface area contributed by atoms with Gasteiger partial charge in [-0.05, 0) is 49.8 Å². The van der Waals surface area contributed by atoms with Crippen LogP contribution in [0.5, 0.6) is 0 Å². The zero-order chi connectivity index (χ0) is 14.6. The molecule has 0 spiro atoms. The highest BCUT2D eigenvalue weighted by Crippen LogP contribution is 2.36. The molecule has 2 rings (SSSR count). The van der Waals surface area contributed by atoms with Crippen LogP contribution in [0.1, 0.15) is 44.7 Å². The molecule has 1 aliphatic carbocycles. The van der Waals surface area contributed by atoms with Crippen LogP contribution in [0.2, 0.25) is 0 Å². The van der Waals surface area contributed by atoms with E-state index in [9.17, 15) is 4.79 Å². The van der Waals surface area contributed by atoms with Crippen molar-refractivity contribution < 1.29 is 9.53 Å². The Morgan fingerprint density at radius 3 is 2.85 bits per heavy atom. The van der Waals surface area contributed by atoms with Gasteiger partial charge < -0.3 is 4.74 Å². The van der Waals surface area contributed by atoms with Crippen molar-refractivity contribution in [1.29, 1.82) is 0 Å². The molecule has 1 aromatic rings. The van der Waals surface area contributed by atoms with Crippen molar-refractivity contribution in [1.82, 2.24) is 5.32 Å². The lowest BCUT2D eigenvalue weighted by Crippen LogP contribution is -2.53. The summed E-state index contributed by atoms with van der Waals surface area (Å²) in [4.78, 5) is 12.6. The van der Waals surface area contributed by atoms with Gasteiger partial charge in [0.2, 0.25) is 0 Å². The van der Waals surface area contributed by atoms with E-state index in [4.69, 9.17) is 4.74 Å². The van der Waals surface area contributed by atoms with Gasteiger partial charge in [-0.15, -0.1) is 0 Å². The lowest BCUT2D eigenvalue weighted by atomic mass is 9.76. The minimum Gasteiger partial charge on any atom is -0.464 e. The molecule has 1 unspecified atom stereocenters. The van der Waals surface area contributed by atoms with Crippen LogP contribution >= 0.6 is 0 Å². The Kier molecular flexibility index (Phi) is 4.81. The molecule has 1 atom stereocenters. The van der Waals surface area contributed by atoms with Crippen molar-refractivity contribution in [3.05, 3.63) is 35.4 Å². The van der Waals surface area contributed by atoms with Gasteiger partial charge >= 0.3 is 5.97 Å². The molecule has 110 valence electrons. The van der Waals surface area contributed by atoms with Crippen LogP contribution in [-0.4, -0.2) is 19.1 Å². The Labute approximate surface area is 121 Å². The van der Waals surface area contributed by atoms with Crippen molar-refractivity contribution in [2.45, 2.75) is 45.6 Å². The Balaban J connectivity index is 2.39. The summed E-state index contributed by atoms with van der Waals surface area (Å²) in [5, 5.41) is 3.50. The summed E-state index contributed by atoms with van der Waals surface area (Å²) in [6, 6.07) is 8.25. The van der Waals surface area contributed by atoms with Gasteiger partial charge in [0.15, 0.2) is 0 Å². The zero-order valence-electron chi connectivity index (χ0n) is 12.7. The zero-order valence-corrected chi connectivity index (χ0v) is 12.7. The first kappa shape index (κ1) is 15.0. The molecule has 20 heavy (non-hydrogen) atoms. The molecular weight excluding hydrogens is 250 g/mol. The van der Waals surface area contributed by atoms with Crippen LogP contribution in [-0.2, 0) is 21.5 Å². The van der Waals surface area contributed by atoms with Gasteiger partial charge in [0.25, 0.3) is 0 Å². The molecule has 0 fully saturated rings. The molecule has 0 heterocycles. The molecule has 1 aromatic carbocycles. The summed E-state index contributed by atoms with van der Waals surface area (Å²) >= 11 is 0. The maximum Gasteiger partial charge on any atom is 0.330 e. The Bertz CT molecular complexity index is 470. The van der Waals surface area contributed by atoms with Crippen LogP contribution < -0.4 is 5.32 Å². The Hall–Kier alpha value is -1.35. The smallest absolute Gasteiger partial charge is 0.330 e. The highest BCUT2D eigenvalue weighted by molar-refractivity contribution is 5.83. The first-order chi connectivity index (χ1) is 9.60. The lowest BCUT2D eigenvalue weighted by molar-refractivity contribution is -0.152. The number of carbonyl (C=O) groups excluding carboxylic acids is 1. The molecular formula is C17H25NO2. The highest BCUT2D eigenvalue weighted by Gasteiger charge is 2.44. The number of hydrogen-bond donors (Lipinski definition) is 1. The third kappa shape index (κ3) is 2.88. The SMILES string of the molecule is CCOC(=O)C1(NCC(C)C)CCCc2ccccc21. The first-order valence-corrected chi connectivity index (χ1v) is 7.60. The number of esters is 1. The minimum absolute atomic E-state index is 0.132. The molecule has 0 aromatic heterocycles. The summed E-state index contributed by atoms with van der Waals surface area (Å²) in [6.45, 7) is 7.41. The third-order valence-corrected chi connectivity index (χ3v) is 3.91. The second-order valence-corrected chi connectivity index (χ2v) is 5.91. The highest BCUT2D eigenvalue weighted by atomic mass is 16.5. The number of ether oxygens (including phenoxy) is 1. The average Bonchev–Trinajstić information content (AvgIpc) is 2.45. The molecule has 0 bridgehead atoms. The largest absolute Gasteiger partial charge is 0.464 e. The standard InChI is InChI=1S/C17H25NO2/c1-4-20-16(19)17(18-12-13(2)3)11-7-9-14-8-5-6-10-15(14)17/h5-6,8,10,13,18H,4,7,9,11-12H2,1-3H3. The van der Waals surface area contributed by atoms with Gasteiger partial charge in [-0.1, -0.05) is 38.1 Å². The summed E-state index contributed by atoms with van der Waals surface area (Å²) in [5.41, 5.74) is 1.71. The summed E-state index contributed by atoms with van der Waals surface area (Å²) < 4.78 is 5.37. The number of carbonyl (C=O) groups is 1. The van der Waals surface area contributed by atoms with Crippen LogP contribution in [0.4, 0.5) is 0 Å². The van der Waals surface area contributed by atoms with Crippen molar-refractivity contribution in [3.63, 3.8) is 0 Å². The maximum atomic E-state index is 12.6. The van der Waals surface area contributed by atoms with Crippen molar-refractivity contribution in [3.8, 4) is 0 Å². The van der Waals surface area contributed by atoms with E-state index in [-0.39, 0.29) is 5.97 Å². The van der Waals surface area contributed by atoms with E-state index in [0.717, 1.165) is 31.4 Å². The normalized spacial score (nSPS) is 21.6. The maximum absolute atomic E-state index is 12.6. The van der Waals surface area contributed by atoms with Gasteiger partial charge in [0.05, 0.1) is 6.61 Å². The fraction of sp³-hybridized carbons (Fsp3) is 0.588. The van der Waals surface area contributed by atoms with Gasteiger partial charge in [-0.3, -0.25) is 5.32 Å². The van der Waals surface area contributed by atoms with Gasteiger partial charge in [0.1, 0.15) is 5.54 Å². The monoisotopic (exact) mass is 275 g/mol. The van der Waals surface area contributed by atoms with Gasteiger partial charge in [0, 0.05) is 0 Å². The minimum atomic E-state index is -0.658. The van der Waals surface area contributed by atoms with Gasteiger partial charge in [-0.25, -0.2) is 4.79 Å². The number of fused-ring (bicyclic) bond motifs is 1. The Morgan fingerprint density at radius 2 is 2.15 bits per heavy atom. The van der Waals surface area contributed by atoms with E-state index < -0.39 is 5.54 Å². The summed E-state index contributed by atoms with van der Waals surface area (Å²) in [6.07, 6.45) is 2.87. The van der Waals surface area contributed by atoms with E-state index in [0.29, 0.717) is 12.5 Å². The topological polar surface area (TPSA) is 38.3 Å². The first-order valence-electron chi connectivity index (χ1n) is 7.60. The number of benzene rings is 1. The van der Waals surface area contributed by atoms with E-state index >= 15 is 0 Å². The van der Waals surface area contributed by atoms with Crippen LogP contribution in [0.25, 0.3) is 0 Å². The summed E-state index contributed by atoms with van der Waals surface area (Å²) in [5.74, 6) is 0.364. The summed E-state index contributed by atoms with van der Waals surface area (Å²) in [7, 11) is 0. The third-order valence-electron chi connectivity index (χ3n) is 3.91.